The quantitative estimate of drug-likeness (QED) is 0.503. The lowest BCUT2D eigenvalue weighted by molar-refractivity contribution is -0.140. The van der Waals surface area contributed by atoms with Gasteiger partial charge in [0.15, 0.2) is 0 Å². The molecular weight excluding hydrogens is 252 g/mol. The Morgan fingerprint density at radius 1 is 1.11 bits per heavy atom. The van der Waals surface area contributed by atoms with Crippen LogP contribution in [0.1, 0.15) is 26.7 Å². The van der Waals surface area contributed by atoms with Gasteiger partial charge in [-0.2, -0.15) is 0 Å². The van der Waals surface area contributed by atoms with Gasteiger partial charge in [-0.15, -0.1) is 0 Å². The molecule has 0 aliphatic rings. The molecule has 0 rings (SSSR count). The summed E-state index contributed by atoms with van der Waals surface area (Å²) in [4.78, 5) is 33.5. The Hall–Kier alpha value is -1.63. The van der Waals surface area contributed by atoms with Gasteiger partial charge in [-0.05, 0) is 5.41 Å². The number of hydrogen-bond acceptors (Lipinski definition) is 4. The minimum Gasteiger partial charge on any atom is -0.481 e. The summed E-state index contributed by atoms with van der Waals surface area (Å²) in [6.45, 7) is 4.06. The van der Waals surface area contributed by atoms with Crippen LogP contribution in [-0.2, 0) is 19.1 Å². The number of rotatable bonds is 9. The molecule has 0 saturated carbocycles. The van der Waals surface area contributed by atoms with Crippen LogP contribution >= 0.6 is 0 Å². The van der Waals surface area contributed by atoms with Gasteiger partial charge in [-0.3, -0.25) is 14.4 Å². The van der Waals surface area contributed by atoms with E-state index in [0.717, 1.165) is 0 Å². The number of ether oxygens (including phenoxy) is 1. The molecule has 0 spiro atoms. The first-order chi connectivity index (χ1) is 8.76. The van der Waals surface area contributed by atoms with Crippen molar-refractivity contribution < 1.29 is 24.2 Å². The van der Waals surface area contributed by atoms with Gasteiger partial charge in [0, 0.05) is 20.1 Å². The summed E-state index contributed by atoms with van der Waals surface area (Å²) in [6.07, 6.45) is -0.0366. The van der Waals surface area contributed by atoms with E-state index in [-0.39, 0.29) is 31.2 Å². The number of carbonyl (C=O) groups is 3. The topological polar surface area (TPSA) is 105 Å². The Balaban J connectivity index is 3.92. The van der Waals surface area contributed by atoms with Crippen LogP contribution < -0.4 is 10.6 Å². The fourth-order valence-electron chi connectivity index (χ4n) is 1.50. The van der Waals surface area contributed by atoms with Crippen molar-refractivity contribution in [1.82, 2.24) is 10.6 Å². The maximum absolute atomic E-state index is 11.6. The van der Waals surface area contributed by atoms with E-state index in [1.807, 2.05) is 0 Å². The van der Waals surface area contributed by atoms with Gasteiger partial charge in [0.1, 0.15) is 0 Å². The van der Waals surface area contributed by atoms with Crippen LogP contribution in [0.5, 0.6) is 0 Å². The Morgan fingerprint density at radius 3 is 2.26 bits per heavy atom. The second kappa shape index (κ2) is 8.47. The third kappa shape index (κ3) is 10.0. The molecule has 110 valence electrons. The summed E-state index contributed by atoms with van der Waals surface area (Å²) in [6, 6.07) is 0. The molecule has 0 atom stereocenters. The van der Waals surface area contributed by atoms with Crippen molar-refractivity contribution in [2.45, 2.75) is 26.7 Å². The summed E-state index contributed by atoms with van der Waals surface area (Å²) >= 11 is 0. The van der Waals surface area contributed by atoms with E-state index < -0.39 is 11.4 Å². The molecule has 0 heterocycles. The molecule has 2 amide bonds. The summed E-state index contributed by atoms with van der Waals surface area (Å²) < 4.78 is 4.76. The zero-order valence-electron chi connectivity index (χ0n) is 11.6. The van der Waals surface area contributed by atoms with Gasteiger partial charge >= 0.3 is 5.97 Å². The van der Waals surface area contributed by atoms with Crippen molar-refractivity contribution in [3.63, 3.8) is 0 Å². The maximum atomic E-state index is 11.6. The number of amides is 2. The van der Waals surface area contributed by atoms with Crippen LogP contribution in [0.15, 0.2) is 0 Å². The van der Waals surface area contributed by atoms with Crippen molar-refractivity contribution in [1.29, 1.82) is 0 Å². The van der Waals surface area contributed by atoms with Crippen molar-refractivity contribution >= 4 is 17.8 Å². The average molecular weight is 274 g/mol. The largest absolute Gasteiger partial charge is 0.481 e. The van der Waals surface area contributed by atoms with Gasteiger partial charge in [0.2, 0.25) is 11.8 Å². The molecule has 0 unspecified atom stereocenters. The molecule has 19 heavy (non-hydrogen) atoms. The minimum atomic E-state index is -0.949. The minimum absolute atomic E-state index is 0.0602. The molecule has 0 aromatic rings. The van der Waals surface area contributed by atoms with Gasteiger partial charge in [-0.1, -0.05) is 13.8 Å². The number of nitrogens with one attached hydrogen (secondary N) is 2. The summed E-state index contributed by atoms with van der Waals surface area (Å²) in [5.41, 5.74) is -0.636. The SMILES string of the molecule is COCCNC(=O)CNC(=O)CC(C)(C)CC(=O)O. The standard InChI is InChI=1S/C12H22N2O5/c1-12(2,7-11(17)18)6-9(15)14-8-10(16)13-4-5-19-3/h4-8H2,1-3H3,(H,13,16)(H,14,15)(H,17,18). The monoisotopic (exact) mass is 274 g/mol. The molecule has 0 radical (unpaired) electrons. The highest BCUT2D eigenvalue weighted by atomic mass is 16.5. The lowest BCUT2D eigenvalue weighted by atomic mass is 9.85. The Morgan fingerprint density at radius 2 is 1.74 bits per heavy atom. The first-order valence-corrected chi connectivity index (χ1v) is 6.01. The van der Waals surface area contributed by atoms with Gasteiger partial charge < -0.3 is 20.5 Å². The molecule has 0 aromatic heterocycles. The number of hydrogen-bond donors (Lipinski definition) is 3. The lowest BCUT2D eigenvalue weighted by Gasteiger charge is -2.21. The van der Waals surface area contributed by atoms with Crippen molar-refractivity contribution in [3.8, 4) is 0 Å². The molecule has 0 saturated heterocycles. The van der Waals surface area contributed by atoms with E-state index in [1.54, 1.807) is 13.8 Å². The smallest absolute Gasteiger partial charge is 0.303 e. The van der Waals surface area contributed by atoms with Crippen molar-refractivity contribution in [2.75, 3.05) is 26.8 Å². The van der Waals surface area contributed by atoms with E-state index in [2.05, 4.69) is 10.6 Å². The van der Waals surface area contributed by atoms with Crippen LogP contribution in [0.2, 0.25) is 0 Å². The Kier molecular flexibility index (Phi) is 7.74. The number of methoxy groups -OCH3 is 1. The second-order valence-electron chi connectivity index (χ2n) is 5.03. The normalized spacial score (nSPS) is 10.9. The van der Waals surface area contributed by atoms with Crippen LogP contribution in [-0.4, -0.2) is 49.7 Å². The highest BCUT2D eigenvalue weighted by Gasteiger charge is 2.25. The van der Waals surface area contributed by atoms with E-state index in [4.69, 9.17) is 9.84 Å². The van der Waals surface area contributed by atoms with Gasteiger partial charge in [0.25, 0.3) is 0 Å². The third-order valence-corrected chi connectivity index (χ3v) is 2.34. The lowest BCUT2D eigenvalue weighted by Crippen LogP contribution is -2.39. The molecule has 0 bridgehead atoms. The first kappa shape index (κ1) is 17.4. The van der Waals surface area contributed by atoms with E-state index >= 15 is 0 Å². The summed E-state index contributed by atoms with van der Waals surface area (Å²) in [5.74, 6) is -1.59. The third-order valence-electron chi connectivity index (χ3n) is 2.34. The number of carbonyl (C=O) groups excluding carboxylic acids is 2. The van der Waals surface area contributed by atoms with Gasteiger partial charge in [0.05, 0.1) is 19.6 Å². The van der Waals surface area contributed by atoms with Crippen molar-refractivity contribution in [2.24, 2.45) is 5.41 Å². The molecule has 0 aliphatic heterocycles. The molecule has 7 heteroatoms. The summed E-state index contributed by atoms with van der Waals surface area (Å²) in [7, 11) is 1.53. The van der Waals surface area contributed by atoms with Crippen LogP contribution in [0.4, 0.5) is 0 Å². The average Bonchev–Trinajstić information content (AvgIpc) is 2.24. The fraction of sp³-hybridized carbons (Fsp3) is 0.750. The fourth-order valence-corrected chi connectivity index (χ4v) is 1.50. The van der Waals surface area contributed by atoms with Crippen LogP contribution in [0.3, 0.4) is 0 Å². The Labute approximate surface area is 112 Å². The summed E-state index contributed by atoms with van der Waals surface area (Å²) in [5, 5.41) is 13.7. The predicted molar refractivity (Wildman–Crippen MR) is 68.5 cm³/mol. The van der Waals surface area contributed by atoms with E-state index in [1.165, 1.54) is 7.11 Å². The van der Waals surface area contributed by atoms with Crippen LogP contribution in [0, 0.1) is 5.41 Å². The Bertz CT molecular complexity index is 328. The highest BCUT2D eigenvalue weighted by molar-refractivity contribution is 5.85. The molecule has 0 fully saturated rings. The van der Waals surface area contributed by atoms with Gasteiger partial charge in [-0.25, -0.2) is 0 Å². The first-order valence-electron chi connectivity index (χ1n) is 6.01. The van der Waals surface area contributed by atoms with E-state index in [9.17, 15) is 14.4 Å². The molecular formula is C12H22N2O5. The molecule has 0 aliphatic carbocycles. The number of carboxylic acids is 1. The highest BCUT2D eigenvalue weighted by Crippen LogP contribution is 2.24. The van der Waals surface area contributed by atoms with Crippen molar-refractivity contribution in [3.05, 3.63) is 0 Å². The molecule has 3 N–H and O–H groups in total. The number of aliphatic carboxylic acids is 1. The molecule has 0 aromatic carbocycles. The number of carboxylic acid groups (broad SMARTS) is 1. The van der Waals surface area contributed by atoms with Crippen LogP contribution in [0.25, 0.3) is 0 Å². The predicted octanol–water partition coefficient (Wildman–Crippen LogP) is -0.244. The molecule has 7 nitrogen and oxygen atoms in total. The second-order valence-corrected chi connectivity index (χ2v) is 5.03. The zero-order chi connectivity index (χ0) is 14.9. The zero-order valence-corrected chi connectivity index (χ0v) is 11.6. The maximum Gasteiger partial charge on any atom is 0.303 e. The van der Waals surface area contributed by atoms with E-state index in [0.29, 0.717) is 13.2 Å².